The normalized spacial score (nSPS) is 16.6. The van der Waals surface area contributed by atoms with Gasteiger partial charge in [-0.05, 0) is 31.4 Å². The maximum atomic E-state index is 6.78. The Morgan fingerprint density at radius 3 is 2.38 bits per heavy atom. The Hall–Kier alpha value is -2.00. The highest BCUT2D eigenvalue weighted by Crippen LogP contribution is 2.43. The van der Waals surface area contributed by atoms with Crippen molar-refractivity contribution in [1.82, 2.24) is 0 Å². The zero-order valence-corrected chi connectivity index (χ0v) is 14.5. The molecule has 0 saturated heterocycles. The van der Waals surface area contributed by atoms with Gasteiger partial charge in [-0.2, -0.15) is 0 Å². The van der Waals surface area contributed by atoms with Gasteiger partial charge in [-0.15, -0.1) is 0 Å². The third-order valence-corrected chi connectivity index (χ3v) is 4.79. The Morgan fingerprint density at radius 2 is 1.67 bits per heavy atom. The average Bonchev–Trinajstić information content (AvgIpc) is 2.62. The van der Waals surface area contributed by atoms with Crippen LogP contribution in [-0.4, -0.2) is 6.61 Å². The number of benzene rings is 2. The smallest absolute Gasteiger partial charge is 0.166 e. The minimum absolute atomic E-state index is 0.308. The SMILES string of the molecule is CCOc1cccc(C2(N)CCCCC2)c1OCc1ccccc1. The molecule has 1 saturated carbocycles. The van der Waals surface area contributed by atoms with E-state index in [1.807, 2.05) is 37.3 Å². The lowest BCUT2D eigenvalue weighted by Gasteiger charge is -2.35. The summed E-state index contributed by atoms with van der Waals surface area (Å²) in [6, 6.07) is 16.3. The molecule has 0 aliphatic heterocycles. The van der Waals surface area contributed by atoms with Gasteiger partial charge in [0.1, 0.15) is 6.61 Å². The van der Waals surface area contributed by atoms with Crippen molar-refractivity contribution in [2.45, 2.75) is 51.2 Å². The molecule has 0 aromatic heterocycles. The molecule has 128 valence electrons. The molecule has 0 heterocycles. The second-order valence-electron chi connectivity index (χ2n) is 6.56. The molecule has 0 radical (unpaired) electrons. The fourth-order valence-corrected chi connectivity index (χ4v) is 3.51. The maximum Gasteiger partial charge on any atom is 0.166 e. The number of rotatable bonds is 6. The van der Waals surface area contributed by atoms with Crippen LogP contribution >= 0.6 is 0 Å². The van der Waals surface area contributed by atoms with Gasteiger partial charge in [0.05, 0.1) is 6.61 Å². The first-order valence-electron chi connectivity index (χ1n) is 8.95. The first-order chi connectivity index (χ1) is 11.7. The minimum atomic E-state index is -0.308. The van der Waals surface area contributed by atoms with Crippen molar-refractivity contribution in [2.75, 3.05) is 6.61 Å². The topological polar surface area (TPSA) is 44.5 Å². The zero-order valence-electron chi connectivity index (χ0n) is 14.5. The Labute approximate surface area is 144 Å². The molecule has 2 N–H and O–H groups in total. The van der Waals surface area contributed by atoms with Crippen molar-refractivity contribution in [3.8, 4) is 11.5 Å². The van der Waals surface area contributed by atoms with Crippen molar-refractivity contribution in [1.29, 1.82) is 0 Å². The summed E-state index contributed by atoms with van der Waals surface area (Å²) in [5.41, 5.74) is 8.70. The van der Waals surface area contributed by atoms with Crippen LogP contribution in [0.1, 0.15) is 50.2 Å². The lowest BCUT2D eigenvalue weighted by atomic mass is 9.77. The average molecular weight is 325 g/mol. The molecular weight excluding hydrogens is 298 g/mol. The molecule has 1 aliphatic rings. The van der Waals surface area contributed by atoms with Crippen LogP contribution in [-0.2, 0) is 12.1 Å². The van der Waals surface area contributed by atoms with Gasteiger partial charge in [-0.3, -0.25) is 0 Å². The minimum Gasteiger partial charge on any atom is -0.490 e. The molecule has 2 aromatic carbocycles. The van der Waals surface area contributed by atoms with E-state index in [9.17, 15) is 0 Å². The van der Waals surface area contributed by atoms with Crippen LogP contribution in [0.4, 0.5) is 0 Å². The van der Waals surface area contributed by atoms with E-state index in [2.05, 4.69) is 18.2 Å². The van der Waals surface area contributed by atoms with E-state index < -0.39 is 0 Å². The molecule has 0 atom stereocenters. The summed E-state index contributed by atoms with van der Waals surface area (Å²) in [6.45, 7) is 3.13. The van der Waals surface area contributed by atoms with Crippen molar-refractivity contribution in [2.24, 2.45) is 5.73 Å². The van der Waals surface area contributed by atoms with Gasteiger partial charge in [-0.1, -0.05) is 61.7 Å². The Balaban J connectivity index is 1.91. The molecule has 24 heavy (non-hydrogen) atoms. The van der Waals surface area contributed by atoms with E-state index in [0.29, 0.717) is 13.2 Å². The second-order valence-corrected chi connectivity index (χ2v) is 6.56. The summed E-state index contributed by atoms with van der Waals surface area (Å²) >= 11 is 0. The number of hydrogen-bond acceptors (Lipinski definition) is 3. The van der Waals surface area contributed by atoms with E-state index >= 15 is 0 Å². The van der Waals surface area contributed by atoms with Crippen molar-refractivity contribution < 1.29 is 9.47 Å². The maximum absolute atomic E-state index is 6.78. The van der Waals surface area contributed by atoms with Crippen LogP contribution in [0.15, 0.2) is 48.5 Å². The van der Waals surface area contributed by atoms with Gasteiger partial charge in [0, 0.05) is 11.1 Å². The third kappa shape index (κ3) is 3.73. The second kappa shape index (κ2) is 7.71. The molecular formula is C21H27NO2. The monoisotopic (exact) mass is 325 g/mol. The van der Waals surface area contributed by atoms with Gasteiger partial charge in [-0.25, -0.2) is 0 Å². The summed E-state index contributed by atoms with van der Waals surface area (Å²) in [5, 5.41) is 0. The summed E-state index contributed by atoms with van der Waals surface area (Å²) < 4.78 is 12.0. The van der Waals surface area contributed by atoms with Crippen LogP contribution in [0.3, 0.4) is 0 Å². The van der Waals surface area contributed by atoms with E-state index in [0.717, 1.165) is 35.5 Å². The molecule has 0 amide bonds. The van der Waals surface area contributed by atoms with Gasteiger partial charge < -0.3 is 15.2 Å². The van der Waals surface area contributed by atoms with Crippen molar-refractivity contribution in [3.63, 3.8) is 0 Å². The molecule has 0 unspecified atom stereocenters. The molecule has 3 rings (SSSR count). The predicted molar refractivity (Wildman–Crippen MR) is 97.3 cm³/mol. The molecule has 1 fully saturated rings. The van der Waals surface area contributed by atoms with Gasteiger partial charge in [0.15, 0.2) is 11.5 Å². The number of ether oxygens (including phenoxy) is 2. The van der Waals surface area contributed by atoms with Gasteiger partial charge in [0.25, 0.3) is 0 Å². The van der Waals surface area contributed by atoms with E-state index in [1.54, 1.807) is 0 Å². The Bertz CT molecular complexity index is 648. The Kier molecular flexibility index (Phi) is 5.41. The predicted octanol–water partition coefficient (Wildman–Crippen LogP) is 4.78. The first-order valence-corrected chi connectivity index (χ1v) is 8.95. The summed E-state index contributed by atoms with van der Waals surface area (Å²) in [6.07, 6.45) is 5.62. The third-order valence-electron chi connectivity index (χ3n) is 4.79. The van der Waals surface area contributed by atoms with Crippen LogP contribution < -0.4 is 15.2 Å². The van der Waals surface area contributed by atoms with Crippen molar-refractivity contribution in [3.05, 3.63) is 59.7 Å². The summed E-state index contributed by atoms with van der Waals surface area (Å²) in [4.78, 5) is 0. The fraction of sp³-hybridized carbons (Fsp3) is 0.429. The van der Waals surface area contributed by atoms with E-state index in [-0.39, 0.29) is 5.54 Å². The molecule has 0 spiro atoms. The van der Waals surface area contributed by atoms with Crippen LogP contribution in [0.5, 0.6) is 11.5 Å². The molecule has 0 bridgehead atoms. The first kappa shape index (κ1) is 16.8. The zero-order chi connectivity index (χ0) is 16.8. The largest absolute Gasteiger partial charge is 0.490 e. The van der Waals surface area contributed by atoms with E-state index in [4.69, 9.17) is 15.2 Å². The standard InChI is InChI=1S/C21H27NO2/c1-2-23-19-13-9-12-18(21(22)14-7-4-8-15-21)20(19)24-16-17-10-5-3-6-11-17/h3,5-6,9-13H,2,4,7-8,14-16,22H2,1H3. The van der Waals surface area contributed by atoms with Crippen LogP contribution in [0.25, 0.3) is 0 Å². The van der Waals surface area contributed by atoms with Gasteiger partial charge in [0.2, 0.25) is 0 Å². The molecule has 1 aliphatic carbocycles. The highest BCUT2D eigenvalue weighted by Gasteiger charge is 2.33. The molecule has 2 aromatic rings. The number of hydrogen-bond donors (Lipinski definition) is 1. The highest BCUT2D eigenvalue weighted by molar-refractivity contribution is 5.50. The molecule has 3 nitrogen and oxygen atoms in total. The van der Waals surface area contributed by atoms with E-state index in [1.165, 1.54) is 19.3 Å². The lowest BCUT2D eigenvalue weighted by Crippen LogP contribution is -2.39. The number of para-hydroxylation sites is 1. The van der Waals surface area contributed by atoms with Crippen molar-refractivity contribution >= 4 is 0 Å². The number of nitrogens with two attached hydrogens (primary N) is 1. The quantitative estimate of drug-likeness (QED) is 0.831. The van der Waals surface area contributed by atoms with Crippen LogP contribution in [0, 0.1) is 0 Å². The summed E-state index contributed by atoms with van der Waals surface area (Å²) in [7, 11) is 0. The highest BCUT2D eigenvalue weighted by atomic mass is 16.5. The lowest BCUT2D eigenvalue weighted by molar-refractivity contribution is 0.244. The van der Waals surface area contributed by atoms with Gasteiger partial charge >= 0.3 is 0 Å². The molecule has 3 heteroatoms. The Morgan fingerprint density at radius 1 is 0.917 bits per heavy atom. The van der Waals surface area contributed by atoms with Crippen LogP contribution in [0.2, 0.25) is 0 Å². The fourth-order valence-electron chi connectivity index (χ4n) is 3.51. The summed E-state index contributed by atoms with van der Waals surface area (Å²) in [5.74, 6) is 1.61.